The molecule has 0 unspecified atom stereocenters. The van der Waals surface area contributed by atoms with Crippen LogP contribution in [-0.4, -0.2) is 53.6 Å². The number of carbonyl (C=O) groups is 1. The van der Waals surface area contributed by atoms with Crippen molar-refractivity contribution in [1.82, 2.24) is 15.3 Å². The monoisotopic (exact) mass is 394 g/mol. The minimum Gasteiger partial charge on any atom is -0.370 e. The van der Waals surface area contributed by atoms with Crippen LogP contribution in [0.4, 0.5) is 5.82 Å². The molecule has 0 spiro atoms. The van der Waals surface area contributed by atoms with Crippen molar-refractivity contribution < 1.29 is 13.2 Å². The van der Waals surface area contributed by atoms with Crippen molar-refractivity contribution in [1.29, 1.82) is 0 Å². The lowest BCUT2D eigenvalue weighted by Crippen LogP contribution is -2.47. The number of anilines is 1. The first-order valence-corrected chi connectivity index (χ1v) is 11.3. The molecular formula is C17H22N4O3S2. The first kappa shape index (κ1) is 18.9. The lowest BCUT2D eigenvalue weighted by Gasteiger charge is -2.23. The van der Waals surface area contributed by atoms with Gasteiger partial charge in [0.15, 0.2) is 15.0 Å². The van der Waals surface area contributed by atoms with Gasteiger partial charge in [-0.3, -0.25) is 4.79 Å². The Balaban J connectivity index is 1.68. The van der Waals surface area contributed by atoms with Crippen molar-refractivity contribution >= 4 is 44.2 Å². The highest BCUT2D eigenvalue weighted by Gasteiger charge is 2.39. The normalized spacial score (nSPS) is 21.6. The van der Waals surface area contributed by atoms with Gasteiger partial charge in [0.2, 0.25) is 5.91 Å². The van der Waals surface area contributed by atoms with Crippen LogP contribution in [0.25, 0.3) is 10.9 Å². The Hall–Kier alpha value is -1.87. The van der Waals surface area contributed by atoms with Gasteiger partial charge in [0, 0.05) is 11.9 Å². The molecule has 0 bridgehead atoms. The fourth-order valence-electron chi connectivity index (χ4n) is 3.03. The summed E-state index contributed by atoms with van der Waals surface area (Å²) in [6.07, 6.45) is 0.447. The standard InChI is InChI=1S/C17H22N4O3S2/c1-3-18-15-12-6-4-5-7-13(12)19-16(20-15)25-10-14(22)21-17(2)8-9-26(23,24)11-17/h4-7H,3,8-11H2,1-2H3,(H,21,22)(H,18,19,20)/t17-/m0/s1. The van der Waals surface area contributed by atoms with Crippen molar-refractivity contribution in [3.8, 4) is 0 Å². The lowest BCUT2D eigenvalue weighted by molar-refractivity contribution is -0.120. The molecule has 0 radical (unpaired) electrons. The molecular weight excluding hydrogens is 372 g/mol. The van der Waals surface area contributed by atoms with Crippen molar-refractivity contribution in [3.05, 3.63) is 24.3 Å². The van der Waals surface area contributed by atoms with Gasteiger partial charge >= 0.3 is 0 Å². The Kier molecular flexibility index (Phi) is 5.38. The summed E-state index contributed by atoms with van der Waals surface area (Å²) in [4.78, 5) is 21.3. The number of para-hydroxylation sites is 1. The van der Waals surface area contributed by atoms with E-state index in [1.807, 2.05) is 31.2 Å². The van der Waals surface area contributed by atoms with E-state index in [1.54, 1.807) is 6.92 Å². The highest BCUT2D eigenvalue weighted by atomic mass is 32.2. The fourth-order valence-corrected chi connectivity index (χ4v) is 5.78. The first-order chi connectivity index (χ1) is 12.3. The summed E-state index contributed by atoms with van der Waals surface area (Å²) in [7, 11) is -3.06. The molecule has 7 nitrogen and oxygen atoms in total. The maximum Gasteiger partial charge on any atom is 0.230 e. The number of aromatic nitrogens is 2. The van der Waals surface area contributed by atoms with E-state index in [2.05, 4.69) is 20.6 Å². The highest BCUT2D eigenvalue weighted by molar-refractivity contribution is 7.99. The molecule has 1 aromatic carbocycles. The number of benzene rings is 1. The second-order valence-electron chi connectivity index (χ2n) is 6.64. The number of carbonyl (C=O) groups excluding carboxylic acids is 1. The first-order valence-electron chi connectivity index (χ1n) is 8.45. The maximum atomic E-state index is 12.3. The molecule has 2 heterocycles. The van der Waals surface area contributed by atoms with Crippen LogP contribution >= 0.6 is 11.8 Å². The molecule has 1 aromatic heterocycles. The van der Waals surface area contributed by atoms with E-state index in [9.17, 15) is 13.2 Å². The summed E-state index contributed by atoms with van der Waals surface area (Å²) in [6, 6.07) is 7.71. The average Bonchev–Trinajstić information content (AvgIpc) is 2.86. The van der Waals surface area contributed by atoms with Gasteiger partial charge in [0.25, 0.3) is 0 Å². The van der Waals surface area contributed by atoms with E-state index in [0.29, 0.717) is 11.6 Å². The van der Waals surface area contributed by atoms with Crippen LogP contribution < -0.4 is 10.6 Å². The van der Waals surface area contributed by atoms with E-state index in [-0.39, 0.29) is 23.2 Å². The number of fused-ring (bicyclic) bond motifs is 1. The summed E-state index contributed by atoms with van der Waals surface area (Å²) in [6.45, 7) is 4.50. The average molecular weight is 395 g/mol. The van der Waals surface area contributed by atoms with Crippen LogP contribution in [0.3, 0.4) is 0 Å². The Morgan fingerprint density at radius 1 is 1.31 bits per heavy atom. The summed E-state index contributed by atoms with van der Waals surface area (Å²) < 4.78 is 23.3. The summed E-state index contributed by atoms with van der Waals surface area (Å²) in [5.41, 5.74) is 0.130. The largest absolute Gasteiger partial charge is 0.370 e. The van der Waals surface area contributed by atoms with Gasteiger partial charge in [-0.25, -0.2) is 18.4 Å². The molecule has 2 N–H and O–H groups in total. The van der Waals surface area contributed by atoms with Crippen LogP contribution in [0.2, 0.25) is 0 Å². The molecule has 1 saturated heterocycles. The number of nitrogens with zero attached hydrogens (tertiary/aromatic N) is 2. The number of sulfone groups is 1. The molecule has 0 saturated carbocycles. The van der Waals surface area contributed by atoms with Crippen LogP contribution in [-0.2, 0) is 14.6 Å². The molecule has 1 fully saturated rings. The van der Waals surface area contributed by atoms with Crippen LogP contribution in [0.5, 0.6) is 0 Å². The number of hydrogen-bond donors (Lipinski definition) is 2. The van der Waals surface area contributed by atoms with Gasteiger partial charge in [0.05, 0.1) is 28.3 Å². The van der Waals surface area contributed by atoms with E-state index in [1.165, 1.54) is 11.8 Å². The molecule has 9 heteroatoms. The van der Waals surface area contributed by atoms with Crippen LogP contribution in [0, 0.1) is 0 Å². The van der Waals surface area contributed by atoms with Crippen molar-refractivity contribution in [2.45, 2.75) is 31.0 Å². The Morgan fingerprint density at radius 2 is 2.08 bits per heavy atom. The Morgan fingerprint density at radius 3 is 2.77 bits per heavy atom. The molecule has 2 aromatic rings. The molecule has 1 aliphatic heterocycles. The maximum absolute atomic E-state index is 12.3. The fraction of sp³-hybridized carbons (Fsp3) is 0.471. The second kappa shape index (κ2) is 7.40. The van der Waals surface area contributed by atoms with E-state index < -0.39 is 15.4 Å². The van der Waals surface area contributed by atoms with Gasteiger partial charge in [-0.2, -0.15) is 0 Å². The van der Waals surface area contributed by atoms with Gasteiger partial charge in [0.1, 0.15) is 5.82 Å². The van der Waals surface area contributed by atoms with E-state index in [0.717, 1.165) is 23.3 Å². The third-order valence-electron chi connectivity index (χ3n) is 4.20. The van der Waals surface area contributed by atoms with Crippen molar-refractivity contribution in [2.24, 2.45) is 0 Å². The SMILES string of the molecule is CCNc1nc(SCC(=O)N[C@@]2(C)CCS(=O)(=O)C2)nc2ccccc12. The minimum atomic E-state index is -3.06. The molecule has 1 atom stereocenters. The minimum absolute atomic E-state index is 0.00650. The predicted molar refractivity (Wildman–Crippen MR) is 104 cm³/mol. The van der Waals surface area contributed by atoms with Gasteiger partial charge in [-0.15, -0.1) is 0 Å². The number of nitrogens with one attached hydrogen (secondary N) is 2. The number of amides is 1. The predicted octanol–water partition coefficient (Wildman–Crippen LogP) is 1.85. The second-order valence-corrected chi connectivity index (χ2v) is 9.77. The zero-order valence-corrected chi connectivity index (χ0v) is 16.4. The van der Waals surface area contributed by atoms with Gasteiger partial charge in [-0.05, 0) is 32.4 Å². The van der Waals surface area contributed by atoms with E-state index >= 15 is 0 Å². The van der Waals surface area contributed by atoms with Gasteiger partial charge in [-0.1, -0.05) is 23.9 Å². The zero-order chi connectivity index (χ0) is 18.8. The number of rotatable bonds is 6. The zero-order valence-electron chi connectivity index (χ0n) is 14.8. The van der Waals surface area contributed by atoms with Crippen molar-refractivity contribution in [2.75, 3.05) is 29.1 Å². The van der Waals surface area contributed by atoms with Crippen LogP contribution in [0.1, 0.15) is 20.3 Å². The Bertz CT molecular complexity index is 933. The molecule has 26 heavy (non-hydrogen) atoms. The summed E-state index contributed by atoms with van der Waals surface area (Å²) in [5.74, 6) is 0.787. The Labute approximate surface area is 157 Å². The molecule has 0 aliphatic carbocycles. The van der Waals surface area contributed by atoms with E-state index in [4.69, 9.17) is 0 Å². The third-order valence-corrected chi connectivity index (χ3v) is 6.95. The quantitative estimate of drug-likeness (QED) is 0.569. The van der Waals surface area contributed by atoms with Gasteiger partial charge < -0.3 is 10.6 Å². The number of thioether (sulfide) groups is 1. The topological polar surface area (TPSA) is 101 Å². The molecule has 1 amide bonds. The molecule has 3 rings (SSSR count). The highest BCUT2D eigenvalue weighted by Crippen LogP contribution is 2.25. The molecule has 140 valence electrons. The number of hydrogen-bond acceptors (Lipinski definition) is 7. The third kappa shape index (κ3) is 4.45. The summed E-state index contributed by atoms with van der Waals surface area (Å²) >= 11 is 1.24. The van der Waals surface area contributed by atoms with Crippen molar-refractivity contribution in [3.63, 3.8) is 0 Å². The van der Waals surface area contributed by atoms with Crippen LogP contribution in [0.15, 0.2) is 29.4 Å². The lowest BCUT2D eigenvalue weighted by atomic mass is 10.0. The molecule has 1 aliphatic rings. The smallest absolute Gasteiger partial charge is 0.230 e. The summed E-state index contributed by atoms with van der Waals surface area (Å²) in [5, 5.41) is 7.52.